The molecule has 124 valence electrons. The van der Waals surface area contributed by atoms with Crippen molar-refractivity contribution in [3.05, 3.63) is 34.6 Å². The third-order valence-electron chi connectivity index (χ3n) is 3.71. The predicted octanol–water partition coefficient (Wildman–Crippen LogP) is 3.43. The van der Waals surface area contributed by atoms with Crippen LogP contribution in [0.1, 0.15) is 37.1 Å². The Kier molecular flexibility index (Phi) is 5.07. The minimum Gasteiger partial charge on any atom is -0.324 e. The standard InChI is InChI=1S/C16H16ClN5OS/c1-2-22-15(10-3-4-10)20-21-16(22)24-9-14(23)19-13-7-12(17)6-5-11(13)8-18/h5-7,10H,2-4,9H2,1H3,(H,19,23). The van der Waals surface area contributed by atoms with Gasteiger partial charge in [0.1, 0.15) is 11.9 Å². The van der Waals surface area contributed by atoms with Crippen molar-refractivity contribution in [1.29, 1.82) is 5.26 Å². The van der Waals surface area contributed by atoms with Crippen molar-refractivity contribution in [3.8, 4) is 6.07 Å². The Morgan fingerprint density at radius 3 is 2.96 bits per heavy atom. The normalized spacial score (nSPS) is 13.5. The van der Waals surface area contributed by atoms with Crippen LogP contribution in [0.3, 0.4) is 0 Å². The molecule has 1 amide bonds. The molecule has 0 saturated heterocycles. The first-order chi connectivity index (χ1) is 11.6. The second kappa shape index (κ2) is 7.24. The molecule has 8 heteroatoms. The fourth-order valence-corrected chi connectivity index (χ4v) is 3.36. The van der Waals surface area contributed by atoms with Crippen LogP contribution in [0.4, 0.5) is 5.69 Å². The quantitative estimate of drug-likeness (QED) is 0.797. The molecule has 3 rings (SSSR count). The monoisotopic (exact) mass is 361 g/mol. The summed E-state index contributed by atoms with van der Waals surface area (Å²) in [5.74, 6) is 1.52. The van der Waals surface area contributed by atoms with Gasteiger partial charge in [-0.25, -0.2) is 0 Å². The van der Waals surface area contributed by atoms with Crippen LogP contribution in [-0.4, -0.2) is 26.4 Å². The molecule has 1 aliphatic carbocycles. The molecule has 2 aromatic rings. The molecule has 1 aromatic heterocycles. The summed E-state index contributed by atoms with van der Waals surface area (Å²) in [5, 5.41) is 21.5. The summed E-state index contributed by atoms with van der Waals surface area (Å²) in [6.07, 6.45) is 2.32. The van der Waals surface area contributed by atoms with Gasteiger partial charge in [0.15, 0.2) is 5.16 Å². The van der Waals surface area contributed by atoms with Crippen LogP contribution in [0.2, 0.25) is 5.02 Å². The van der Waals surface area contributed by atoms with Crippen molar-refractivity contribution in [2.45, 2.75) is 37.4 Å². The van der Waals surface area contributed by atoms with Crippen LogP contribution in [0, 0.1) is 11.3 Å². The zero-order valence-electron chi connectivity index (χ0n) is 13.1. The SMILES string of the molecule is CCn1c(SCC(=O)Nc2cc(Cl)ccc2C#N)nnc1C1CC1. The number of nitrogens with one attached hydrogen (secondary N) is 1. The number of hydrogen-bond donors (Lipinski definition) is 1. The fourth-order valence-electron chi connectivity index (χ4n) is 2.38. The summed E-state index contributed by atoms with van der Waals surface area (Å²) in [7, 11) is 0. The molecule has 1 saturated carbocycles. The van der Waals surface area contributed by atoms with Crippen molar-refractivity contribution >= 4 is 35.0 Å². The highest BCUT2D eigenvalue weighted by atomic mass is 35.5. The number of anilines is 1. The third-order valence-corrected chi connectivity index (χ3v) is 4.91. The topological polar surface area (TPSA) is 83.6 Å². The van der Waals surface area contributed by atoms with Crippen LogP contribution in [0.5, 0.6) is 0 Å². The Hall–Kier alpha value is -2.04. The van der Waals surface area contributed by atoms with E-state index in [-0.39, 0.29) is 11.7 Å². The Morgan fingerprint density at radius 1 is 1.50 bits per heavy atom. The highest BCUT2D eigenvalue weighted by molar-refractivity contribution is 7.99. The van der Waals surface area contributed by atoms with Crippen LogP contribution >= 0.6 is 23.4 Å². The molecular formula is C16H16ClN5OS. The number of carbonyl (C=O) groups excluding carboxylic acids is 1. The molecule has 0 radical (unpaired) electrons. The lowest BCUT2D eigenvalue weighted by atomic mass is 10.2. The van der Waals surface area contributed by atoms with E-state index in [0.717, 1.165) is 30.4 Å². The van der Waals surface area contributed by atoms with Gasteiger partial charge in [0.2, 0.25) is 5.91 Å². The van der Waals surface area contributed by atoms with Crippen molar-refractivity contribution < 1.29 is 4.79 Å². The van der Waals surface area contributed by atoms with Gasteiger partial charge in [-0.1, -0.05) is 23.4 Å². The van der Waals surface area contributed by atoms with Gasteiger partial charge in [0, 0.05) is 17.5 Å². The largest absolute Gasteiger partial charge is 0.324 e. The molecule has 0 bridgehead atoms. The summed E-state index contributed by atoms with van der Waals surface area (Å²) in [4.78, 5) is 12.2. The van der Waals surface area contributed by atoms with Crippen molar-refractivity contribution in [2.24, 2.45) is 0 Å². The Morgan fingerprint density at radius 2 is 2.29 bits per heavy atom. The molecule has 1 aromatic carbocycles. The fraction of sp³-hybridized carbons (Fsp3) is 0.375. The van der Waals surface area contributed by atoms with Crippen molar-refractivity contribution in [1.82, 2.24) is 14.8 Å². The first-order valence-corrected chi connectivity index (χ1v) is 9.04. The van der Waals surface area contributed by atoms with Crippen molar-refractivity contribution in [2.75, 3.05) is 11.1 Å². The number of nitriles is 1. The third kappa shape index (κ3) is 3.71. The van der Waals surface area contributed by atoms with Crippen LogP contribution in [0.25, 0.3) is 0 Å². The molecule has 6 nitrogen and oxygen atoms in total. The van der Waals surface area contributed by atoms with E-state index in [0.29, 0.717) is 22.2 Å². The summed E-state index contributed by atoms with van der Waals surface area (Å²) < 4.78 is 2.07. The lowest BCUT2D eigenvalue weighted by Gasteiger charge is -2.08. The number of nitrogens with zero attached hydrogens (tertiary/aromatic N) is 4. The molecule has 1 heterocycles. The average molecular weight is 362 g/mol. The highest BCUT2D eigenvalue weighted by Crippen LogP contribution is 2.39. The van der Waals surface area contributed by atoms with Crippen LogP contribution < -0.4 is 5.32 Å². The number of rotatable bonds is 6. The Labute approximate surface area is 149 Å². The Bertz CT molecular complexity index is 809. The molecule has 1 N–H and O–H groups in total. The Balaban J connectivity index is 1.64. The van der Waals surface area contributed by atoms with Gasteiger partial charge in [-0.05, 0) is 38.0 Å². The van der Waals surface area contributed by atoms with Gasteiger partial charge in [0.25, 0.3) is 0 Å². The lowest BCUT2D eigenvalue weighted by Crippen LogP contribution is -2.15. The number of benzene rings is 1. The van der Waals surface area contributed by atoms with E-state index < -0.39 is 0 Å². The second-order valence-corrected chi connectivity index (χ2v) is 6.88. The molecule has 0 unspecified atom stereocenters. The molecule has 1 fully saturated rings. The van der Waals surface area contributed by atoms with Gasteiger partial charge in [-0.3, -0.25) is 4.79 Å². The van der Waals surface area contributed by atoms with Gasteiger partial charge in [-0.2, -0.15) is 5.26 Å². The number of halogens is 1. The van der Waals surface area contributed by atoms with E-state index in [4.69, 9.17) is 16.9 Å². The minimum atomic E-state index is -0.211. The van der Waals surface area contributed by atoms with Gasteiger partial charge in [-0.15, -0.1) is 10.2 Å². The predicted molar refractivity (Wildman–Crippen MR) is 93.2 cm³/mol. The molecule has 0 atom stereocenters. The van der Waals surface area contributed by atoms with E-state index >= 15 is 0 Å². The molecule has 0 aliphatic heterocycles. The molecular weight excluding hydrogens is 346 g/mol. The second-order valence-electron chi connectivity index (χ2n) is 5.50. The summed E-state index contributed by atoms with van der Waals surface area (Å²) in [6, 6.07) is 6.81. The first-order valence-electron chi connectivity index (χ1n) is 7.67. The van der Waals surface area contributed by atoms with Gasteiger partial charge in [0.05, 0.1) is 17.0 Å². The maximum absolute atomic E-state index is 12.2. The highest BCUT2D eigenvalue weighted by Gasteiger charge is 2.30. The van der Waals surface area contributed by atoms with E-state index in [9.17, 15) is 4.79 Å². The van der Waals surface area contributed by atoms with Crippen molar-refractivity contribution in [3.63, 3.8) is 0 Å². The van der Waals surface area contributed by atoms with Crippen LogP contribution in [0.15, 0.2) is 23.4 Å². The summed E-state index contributed by atoms with van der Waals surface area (Å²) in [6.45, 7) is 2.83. The van der Waals surface area contributed by atoms with E-state index in [1.165, 1.54) is 11.8 Å². The molecule has 24 heavy (non-hydrogen) atoms. The number of aromatic nitrogens is 3. The first kappa shape index (κ1) is 16.8. The van der Waals surface area contributed by atoms with E-state index in [1.807, 2.05) is 13.0 Å². The lowest BCUT2D eigenvalue weighted by molar-refractivity contribution is -0.113. The van der Waals surface area contributed by atoms with Gasteiger partial charge < -0.3 is 9.88 Å². The number of hydrogen-bond acceptors (Lipinski definition) is 5. The smallest absolute Gasteiger partial charge is 0.234 e. The average Bonchev–Trinajstić information content (AvgIpc) is 3.33. The summed E-state index contributed by atoms with van der Waals surface area (Å²) in [5.41, 5.74) is 0.803. The van der Waals surface area contributed by atoms with E-state index in [1.54, 1.807) is 18.2 Å². The minimum absolute atomic E-state index is 0.195. The number of carbonyl (C=O) groups is 1. The maximum atomic E-state index is 12.2. The maximum Gasteiger partial charge on any atom is 0.234 e. The zero-order valence-corrected chi connectivity index (χ0v) is 14.7. The van der Waals surface area contributed by atoms with Gasteiger partial charge >= 0.3 is 0 Å². The molecule has 0 spiro atoms. The number of amides is 1. The zero-order chi connectivity index (χ0) is 17.1. The molecule has 1 aliphatic rings. The van der Waals surface area contributed by atoms with E-state index in [2.05, 4.69) is 20.1 Å². The summed E-state index contributed by atoms with van der Waals surface area (Å²) >= 11 is 7.26. The number of thioether (sulfide) groups is 1. The van der Waals surface area contributed by atoms with Crippen LogP contribution in [-0.2, 0) is 11.3 Å².